The van der Waals surface area contributed by atoms with Gasteiger partial charge in [0.05, 0.1) is 24.6 Å². The van der Waals surface area contributed by atoms with Gasteiger partial charge in [-0.1, -0.05) is 0 Å². The van der Waals surface area contributed by atoms with E-state index in [9.17, 15) is 4.79 Å². The second-order valence-electron chi connectivity index (χ2n) is 2.81. The van der Waals surface area contributed by atoms with Crippen molar-refractivity contribution in [2.75, 3.05) is 13.7 Å². The molecule has 0 aliphatic carbocycles. The van der Waals surface area contributed by atoms with Gasteiger partial charge in [0.15, 0.2) is 0 Å². The maximum atomic E-state index is 11.5. The zero-order valence-corrected chi connectivity index (χ0v) is 9.84. The third-order valence-corrected chi connectivity index (χ3v) is 1.95. The fourth-order valence-electron chi connectivity index (χ4n) is 1.18. The summed E-state index contributed by atoms with van der Waals surface area (Å²) in [5, 5.41) is 2.25. The number of nitrogens with zero attached hydrogens (tertiary/aromatic N) is 1. The molecule has 4 nitrogen and oxygen atoms in total. The molecule has 1 rings (SSSR count). The predicted molar refractivity (Wildman–Crippen MR) is 63.6 cm³/mol. The number of carbonyl (C=O) groups excluding carboxylic acids is 1. The molecule has 16 heavy (non-hydrogen) atoms. The van der Waals surface area contributed by atoms with E-state index in [1.807, 2.05) is 0 Å². The standard InChI is InChI=1S/C11H11NO3S/c1-3-15-11(13)9-5-4-8(12-7-16)6-10(9)14-2/h4-6H,3H2,1-2H3. The molecule has 0 aliphatic heterocycles. The SMILES string of the molecule is CCOC(=O)c1ccc(N=C=S)cc1OC. The zero-order valence-electron chi connectivity index (χ0n) is 9.02. The van der Waals surface area contributed by atoms with Crippen LogP contribution in [0.5, 0.6) is 5.75 Å². The van der Waals surface area contributed by atoms with Crippen LogP contribution in [0.3, 0.4) is 0 Å². The number of thiocarbonyl (C=S) groups is 1. The van der Waals surface area contributed by atoms with Crippen LogP contribution >= 0.6 is 12.2 Å². The van der Waals surface area contributed by atoms with E-state index in [2.05, 4.69) is 22.4 Å². The Kier molecular flexibility index (Phi) is 4.64. The van der Waals surface area contributed by atoms with E-state index in [1.54, 1.807) is 25.1 Å². The van der Waals surface area contributed by atoms with Gasteiger partial charge in [-0.3, -0.25) is 0 Å². The number of methoxy groups -OCH3 is 1. The lowest BCUT2D eigenvalue weighted by Gasteiger charge is -2.07. The molecule has 0 radical (unpaired) electrons. The highest BCUT2D eigenvalue weighted by atomic mass is 32.1. The van der Waals surface area contributed by atoms with Gasteiger partial charge in [-0.05, 0) is 31.3 Å². The molecule has 5 heteroatoms. The second kappa shape index (κ2) is 6.00. The number of hydrogen-bond donors (Lipinski definition) is 0. The fraction of sp³-hybridized carbons (Fsp3) is 0.273. The minimum absolute atomic E-state index is 0.321. The number of hydrogen-bond acceptors (Lipinski definition) is 5. The summed E-state index contributed by atoms with van der Waals surface area (Å²) in [5.41, 5.74) is 0.951. The number of benzene rings is 1. The molecule has 0 aliphatic rings. The Balaban J connectivity index is 3.10. The Morgan fingerprint density at radius 2 is 2.31 bits per heavy atom. The first kappa shape index (κ1) is 12.4. The van der Waals surface area contributed by atoms with E-state index in [1.165, 1.54) is 7.11 Å². The molecular weight excluding hydrogens is 226 g/mol. The molecule has 0 spiro atoms. The highest BCUT2D eigenvalue weighted by Gasteiger charge is 2.13. The summed E-state index contributed by atoms with van der Waals surface area (Å²) in [6, 6.07) is 4.84. The van der Waals surface area contributed by atoms with Gasteiger partial charge in [0.1, 0.15) is 11.3 Å². The van der Waals surface area contributed by atoms with Gasteiger partial charge in [0, 0.05) is 6.07 Å². The minimum atomic E-state index is -0.419. The Bertz CT molecular complexity index is 439. The highest BCUT2D eigenvalue weighted by molar-refractivity contribution is 7.78. The van der Waals surface area contributed by atoms with Crippen LogP contribution in [0.4, 0.5) is 5.69 Å². The summed E-state index contributed by atoms with van der Waals surface area (Å²) >= 11 is 4.49. The van der Waals surface area contributed by atoms with Crippen molar-refractivity contribution in [3.63, 3.8) is 0 Å². The van der Waals surface area contributed by atoms with Gasteiger partial charge in [-0.25, -0.2) is 4.79 Å². The van der Waals surface area contributed by atoms with E-state index in [0.717, 1.165) is 0 Å². The summed E-state index contributed by atoms with van der Waals surface area (Å²) < 4.78 is 9.96. The van der Waals surface area contributed by atoms with E-state index < -0.39 is 5.97 Å². The summed E-state index contributed by atoms with van der Waals surface area (Å²) in [7, 11) is 1.48. The lowest BCUT2D eigenvalue weighted by Crippen LogP contribution is -2.06. The van der Waals surface area contributed by atoms with Crippen LogP contribution < -0.4 is 4.74 Å². The third-order valence-electron chi connectivity index (χ3n) is 1.86. The van der Waals surface area contributed by atoms with Crippen LogP contribution in [0, 0.1) is 0 Å². The van der Waals surface area contributed by atoms with Crippen LogP contribution in [0.1, 0.15) is 17.3 Å². The van der Waals surface area contributed by atoms with Crippen molar-refractivity contribution >= 4 is 29.0 Å². The Morgan fingerprint density at radius 3 is 2.88 bits per heavy atom. The van der Waals surface area contributed by atoms with Gasteiger partial charge >= 0.3 is 5.97 Å². The summed E-state index contributed by atoms with van der Waals surface area (Å²) in [5.74, 6) is -0.0119. The third kappa shape index (κ3) is 2.89. The van der Waals surface area contributed by atoms with Crippen LogP contribution in [-0.2, 0) is 4.74 Å². The number of isothiocyanates is 1. The van der Waals surface area contributed by atoms with Crippen molar-refractivity contribution in [1.82, 2.24) is 0 Å². The number of ether oxygens (including phenoxy) is 2. The number of rotatable bonds is 4. The summed E-state index contributed by atoms with van der Waals surface area (Å²) in [6.07, 6.45) is 0. The quantitative estimate of drug-likeness (QED) is 0.459. The molecule has 0 amide bonds. The van der Waals surface area contributed by atoms with Crippen LogP contribution in [0.25, 0.3) is 0 Å². The lowest BCUT2D eigenvalue weighted by molar-refractivity contribution is 0.0523. The fourth-order valence-corrected chi connectivity index (χ4v) is 1.29. The van der Waals surface area contributed by atoms with Gasteiger partial charge in [-0.2, -0.15) is 4.99 Å². The first-order chi connectivity index (χ1) is 7.72. The molecule has 0 heterocycles. The van der Waals surface area contributed by atoms with Crippen molar-refractivity contribution in [1.29, 1.82) is 0 Å². The van der Waals surface area contributed by atoms with Gasteiger partial charge in [0.2, 0.25) is 0 Å². The minimum Gasteiger partial charge on any atom is -0.496 e. The molecule has 0 N–H and O–H groups in total. The molecule has 0 saturated carbocycles. The lowest BCUT2D eigenvalue weighted by atomic mass is 10.2. The molecule has 0 atom stereocenters. The zero-order chi connectivity index (χ0) is 12.0. The molecule has 0 bridgehead atoms. The van der Waals surface area contributed by atoms with Crippen molar-refractivity contribution in [2.24, 2.45) is 4.99 Å². The molecule has 1 aromatic carbocycles. The molecule has 1 aromatic rings. The first-order valence-corrected chi connectivity index (χ1v) is 5.06. The van der Waals surface area contributed by atoms with Crippen LogP contribution in [0.2, 0.25) is 0 Å². The number of aliphatic imine (C=N–C) groups is 1. The van der Waals surface area contributed by atoms with Crippen LogP contribution in [-0.4, -0.2) is 24.8 Å². The maximum absolute atomic E-state index is 11.5. The number of carbonyl (C=O) groups is 1. The Labute approximate surface area is 98.9 Å². The second-order valence-corrected chi connectivity index (χ2v) is 2.99. The molecule has 0 aromatic heterocycles. The van der Waals surface area contributed by atoms with Crippen molar-refractivity contribution in [3.8, 4) is 5.75 Å². The van der Waals surface area contributed by atoms with Gasteiger partial charge in [-0.15, -0.1) is 0 Å². The highest BCUT2D eigenvalue weighted by Crippen LogP contribution is 2.25. The predicted octanol–water partition coefficient (Wildman–Crippen LogP) is 2.61. The summed E-state index contributed by atoms with van der Waals surface area (Å²) in [4.78, 5) is 15.3. The van der Waals surface area contributed by atoms with E-state index in [4.69, 9.17) is 9.47 Å². The van der Waals surface area contributed by atoms with Crippen LogP contribution in [0.15, 0.2) is 23.2 Å². The maximum Gasteiger partial charge on any atom is 0.341 e. The largest absolute Gasteiger partial charge is 0.496 e. The topological polar surface area (TPSA) is 47.9 Å². The van der Waals surface area contributed by atoms with E-state index in [-0.39, 0.29) is 0 Å². The molecule has 0 saturated heterocycles. The molecule has 0 unspecified atom stereocenters. The average Bonchev–Trinajstić information content (AvgIpc) is 2.29. The average molecular weight is 237 g/mol. The molecule has 0 fully saturated rings. The van der Waals surface area contributed by atoms with Gasteiger partial charge in [0.25, 0.3) is 0 Å². The normalized spacial score (nSPS) is 9.12. The molecule has 84 valence electrons. The summed E-state index contributed by atoms with van der Waals surface area (Å²) in [6.45, 7) is 2.07. The number of esters is 1. The molecular formula is C11H11NO3S. The Hall–Kier alpha value is -1.71. The smallest absolute Gasteiger partial charge is 0.341 e. The van der Waals surface area contributed by atoms with E-state index in [0.29, 0.717) is 23.6 Å². The first-order valence-electron chi connectivity index (χ1n) is 4.66. The van der Waals surface area contributed by atoms with Crippen molar-refractivity contribution < 1.29 is 14.3 Å². The van der Waals surface area contributed by atoms with E-state index >= 15 is 0 Å². The monoisotopic (exact) mass is 237 g/mol. The van der Waals surface area contributed by atoms with Crippen molar-refractivity contribution in [3.05, 3.63) is 23.8 Å². The Morgan fingerprint density at radius 1 is 1.56 bits per heavy atom. The van der Waals surface area contributed by atoms with Gasteiger partial charge < -0.3 is 9.47 Å². The van der Waals surface area contributed by atoms with Crippen molar-refractivity contribution in [2.45, 2.75) is 6.92 Å².